The lowest BCUT2D eigenvalue weighted by atomic mass is 9.82. The van der Waals surface area contributed by atoms with Gasteiger partial charge in [0.2, 0.25) is 0 Å². The first-order valence-corrected chi connectivity index (χ1v) is 9.04. The van der Waals surface area contributed by atoms with Gasteiger partial charge in [-0.05, 0) is 81.6 Å². The van der Waals surface area contributed by atoms with Gasteiger partial charge in [-0.15, -0.1) is 0 Å². The number of phenols is 1. The van der Waals surface area contributed by atoms with Gasteiger partial charge in [0.15, 0.2) is 0 Å². The van der Waals surface area contributed by atoms with Gasteiger partial charge in [0.05, 0.1) is 0 Å². The molecule has 1 nitrogen and oxygen atoms in total. The summed E-state index contributed by atoms with van der Waals surface area (Å²) < 4.78 is 0. The molecule has 2 aliphatic carbocycles. The Balaban J connectivity index is 1.65. The molecule has 122 valence electrons. The fraction of sp³-hybridized carbons (Fsp3) is 0.167. The Morgan fingerprint density at radius 3 is 2.32 bits per heavy atom. The zero-order valence-corrected chi connectivity index (χ0v) is 14.1. The standard InChI is InChI=1S/C24H20O/c25-20-10-5-16(6-11-20)18-8-12-22-19(15-18)9-14-23-21-4-2-1-3-17(21)7-13-24(22)23/h3-8,10-13,15,25H,1-2,9,14H2. The molecule has 0 atom stereocenters. The highest BCUT2D eigenvalue weighted by molar-refractivity contribution is 5.78. The van der Waals surface area contributed by atoms with E-state index in [0.717, 1.165) is 24.8 Å². The largest absolute Gasteiger partial charge is 0.508 e. The molecule has 1 N–H and O–H groups in total. The second kappa shape index (κ2) is 5.63. The van der Waals surface area contributed by atoms with Crippen molar-refractivity contribution in [2.45, 2.75) is 25.7 Å². The number of aryl methyl sites for hydroxylation is 1. The van der Waals surface area contributed by atoms with Crippen molar-refractivity contribution in [2.75, 3.05) is 0 Å². The molecular weight excluding hydrogens is 304 g/mol. The maximum atomic E-state index is 9.50. The van der Waals surface area contributed by atoms with Gasteiger partial charge in [0, 0.05) is 0 Å². The summed E-state index contributed by atoms with van der Waals surface area (Å²) in [4.78, 5) is 0. The first kappa shape index (κ1) is 14.5. The van der Waals surface area contributed by atoms with Crippen LogP contribution in [0.2, 0.25) is 0 Å². The van der Waals surface area contributed by atoms with E-state index in [1.165, 1.54) is 44.7 Å². The Hall–Kier alpha value is -2.80. The zero-order chi connectivity index (χ0) is 16.8. The van der Waals surface area contributed by atoms with E-state index in [0.29, 0.717) is 5.75 Å². The van der Waals surface area contributed by atoms with Gasteiger partial charge in [-0.1, -0.05) is 54.6 Å². The van der Waals surface area contributed by atoms with Crippen LogP contribution in [0.1, 0.15) is 24.0 Å². The van der Waals surface area contributed by atoms with E-state index in [1.54, 1.807) is 12.1 Å². The lowest BCUT2D eigenvalue weighted by Gasteiger charge is -2.22. The molecule has 5 rings (SSSR count). The van der Waals surface area contributed by atoms with Gasteiger partial charge in [-0.2, -0.15) is 0 Å². The van der Waals surface area contributed by atoms with Crippen molar-refractivity contribution < 1.29 is 5.11 Å². The molecular formula is C24H20O. The molecule has 0 bridgehead atoms. The van der Waals surface area contributed by atoms with E-state index in [1.807, 2.05) is 12.1 Å². The molecule has 0 aromatic heterocycles. The van der Waals surface area contributed by atoms with Crippen molar-refractivity contribution in [1.82, 2.24) is 0 Å². The average Bonchev–Trinajstić information content (AvgIpc) is 2.67. The topological polar surface area (TPSA) is 20.2 Å². The molecule has 0 fully saturated rings. The number of rotatable bonds is 1. The van der Waals surface area contributed by atoms with Gasteiger partial charge >= 0.3 is 0 Å². The van der Waals surface area contributed by atoms with Crippen LogP contribution in [-0.2, 0) is 12.8 Å². The monoisotopic (exact) mass is 324 g/mol. The summed E-state index contributed by atoms with van der Waals surface area (Å²) in [6, 6.07) is 18.9. The first-order chi connectivity index (χ1) is 12.3. The van der Waals surface area contributed by atoms with Gasteiger partial charge in [0.1, 0.15) is 5.75 Å². The van der Waals surface area contributed by atoms with Gasteiger partial charge < -0.3 is 5.11 Å². The number of phenolic OH excluding ortho intramolecular Hbond substituents is 1. The Morgan fingerprint density at radius 1 is 0.680 bits per heavy atom. The van der Waals surface area contributed by atoms with Crippen LogP contribution in [0, 0.1) is 0 Å². The molecule has 0 heterocycles. The highest BCUT2D eigenvalue weighted by atomic mass is 16.3. The SMILES string of the molecule is Oc1ccc(-c2ccc3c(c2)CCc2c-3ccc3c2=CCCC=3)cc1. The molecule has 1 heteroatoms. The molecule has 0 aliphatic heterocycles. The average molecular weight is 324 g/mol. The Labute approximate surface area is 147 Å². The van der Waals surface area contributed by atoms with Crippen LogP contribution < -0.4 is 10.4 Å². The number of aromatic hydroxyl groups is 1. The number of fused-ring (bicyclic) bond motifs is 5. The molecule has 0 spiro atoms. The molecule has 3 aromatic carbocycles. The molecule has 2 aliphatic rings. The third-order valence-corrected chi connectivity index (χ3v) is 5.51. The van der Waals surface area contributed by atoms with E-state index in [2.05, 4.69) is 42.5 Å². The minimum Gasteiger partial charge on any atom is -0.508 e. The summed E-state index contributed by atoms with van der Waals surface area (Å²) in [7, 11) is 0. The Morgan fingerprint density at radius 2 is 1.44 bits per heavy atom. The maximum absolute atomic E-state index is 9.50. The quantitative estimate of drug-likeness (QED) is 0.712. The third-order valence-electron chi connectivity index (χ3n) is 5.51. The normalized spacial score (nSPS) is 14.6. The fourth-order valence-corrected chi connectivity index (χ4v) is 4.25. The lowest BCUT2D eigenvalue weighted by Crippen LogP contribution is -2.32. The van der Waals surface area contributed by atoms with Crippen LogP contribution in [-0.4, -0.2) is 5.11 Å². The summed E-state index contributed by atoms with van der Waals surface area (Å²) in [5.41, 5.74) is 8.12. The second-order valence-corrected chi connectivity index (χ2v) is 7.00. The van der Waals surface area contributed by atoms with Crippen LogP contribution in [0.4, 0.5) is 0 Å². The highest BCUT2D eigenvalue weighted by Gasteiger charge is 2.18. The van der Waals surface area contributed by atoms with Gasteiger partial charge in [-0.3, -0.25) is 0 Å². The van der Waals surface area contributed by atoms with Crippen molar-refractivity contribution in [1.29, 1.82) is 0 Å². The highest BCUT2D eigenvalue weighted by Crippen LogP contribution is 2.34. The Kier molecular flexibility index (Phi) is 3.27. The van der Waals surface area contributed by atoms with E-state index in [4.69, 9.17) is 0 Å². The van der Waals surface area contributed by atoms with Crippen LogP contribution >= 0.6 is 0 Å². The fourth-order valence-electron chi connectivity index (χ4n) is 4.25. The molecule has 0 amide bonds. The Bertz CT molecular complexity index is 1090. The van der Waals surface area contributed by atoms with Crippen molar-refractivity contribution in [3.8, 4) is 28.0 Å². The molecule has 3 aromatic rings. The second-order valence-electron chi connectivity index (χ2n) is 7.00. The minimum absolute atomic E-state index is 0.313. The number of benzene rings is 3. The van der Waals surface area contributed by atoms with E-state index in [9.17, 15) is 5.11 Å². The van der Waals surface area contributed by atoms with E-state index in [-0.39, 0.29) is 0 Å². The molecule has 0 unspecified atom stereocenters. The molecule has 0 saturated heterocycles. The predicted molar refractivity (Wildman–Crippen MR) is 104 cm³/mol. The van der Waals surface area contributed by atoms with E-state index < -0.39 is 0 Å². The van der Waals surface area contributed by atoms with Gasteiger partial charge in [-0.25, -0.2) is 0 Å². The smallest absolute Gasteiger partial charge is 0.115 e. The van der Waals surface area contributed by atoms with Crippen LogP contribution in [0.3, 0.4) is 0 Å². The first-order valence-electron chi connectivity index (χ1n) is 9.04. The van der Waals surface area contributed by atoms with E-state index >= 15 is 0 Å². The molecule has 25 heavy (non-hydrogen) atoms. The summed E-state index contributed by atoms with van der Waals surface area (Å²) >= 11 is 0. The van der Waals surface area contributed by atoms with Crippen LogP contribution in [0.5, 0.6) is 5.75 Å². The van der Waals surface area contributed by atoms with Crippen molar-refractivity contribution in [3.63, 3.8) is 0 Å². The molecule has 0 radical (unpaired) electrons. The summed E-state index contributed by atoms with van der Waals surface area (Å²) in [5, 5.41) is 12.4. The summed E-state index contributed by atoms with van der Waals surface area (Å²) in [5.74, 6) is 0.313. The third kappa shape index (κ3) is 2.39. The zero-order valence-electron chi connectivity index (χ0n) is 14.1. The predicted octanol–water partition coefficient (Wildman–Crippen LogP) is 4.18. The summed E-state index contributed by atoms with van der Waals surface area (Å²) in [6.45, 7) is 0. The van der Waals surface area contributed by atoms with Crippen molar-refractivity contribution in [3.05, 3.63) is 76.2 Å². The summed E-state index contributed by atoms with van der Waals surface area (Å²) in [6.07, 6.45) is 9.34. The van der Waals surface area contributed by atoms with Gasteiger partial charge in [0.25, 0.3) is 0 Å². The van der Waals surface area contributed by atoms with Crippen molar-refractivity contribution in [2.24, 2.45) is 0 Å². The van der Waals surface area contributed by atoms with Crippen LogP contribution in [0.25, 0.3) is 34.4 Å². The van der Waals surface area contributed by atoms with Crippen molar-refractivity contribution >= 4 is 12.2 Å². The molecule has 0 saturated carbocycles. The van der Waals surface area contributed by atoms with Crippen LogP contribution in [0.15, 0.2) is 54.6 Å². The minimum atomic E-state index is 0.313. The maximum Gasteiger partial charge on any atom is 0.115 e. The lowest BCUT2D eigenvalue weighted by molar-refractivity contribution is 0.475. The number of hydrogen-bond acceptors (Lipinski definition) is 1. The number of hydrogen-bond donors (Lipinski definition) is 1.